The Bertz CT molecular complexity index is 559. The molecule has 2 aromatic rings. The highest BCUT2D eigenvalue weighted by molar-refractivity contribution is 5.79. The normalized spacial score (nSPS) is 12.2. The predicted molar refractivity (Wildman–Crippen MR) is 74.1 cm³/mol. The number of amides is 1. The molecule has 0 aliphatic rings. The number of carbonyl (C=O) groups is 1. The molecule has 106 valence electrons. The second-order valence-electron chi connectivity index (χ2n) is 4.69. The zero-order chi connectivity index (χ0) is 14.5. The molecule has 1 amide bonds. The van der Waals surface area contributed by atoms with Crippen molar-refractivity contribution in [2.45, 2.75) is 26.3 Å². The maximum Gasteiger partial charge on any atom is 0.225 e. The van der Waals surface area contributed by atoms with Crippen LogP contribution in [0.5, 0.6) is 0 Å². The lowest BCUT2D eigenvalue weighted by Crippen LogP contribution is -2.32. The minimum absolute atomic E-state index is 0.142. The summed E-state index contributed by atoms with van der Waals surface area (Å²) in [7, 11) is 0. The van der Waals surface area contributed by atoms with Gasteiger partial charge in [0.1, 0.15) is 5.76 Å². The van der Waals surface area contributed by atoms with E-state index in [0.29, 0.717) is 5.76 Å². The predicted octanol–water partition coefficient (Wildman–Crippen LogP) is 1.68. The standard InChI is InChI=1S/C15H18N2O3/c1-10-13(11(2)20-17-10)8-15(19)16-14(9-18)12-6-4-3-5-7-12/h3-7,14,18H,8-9H2,1-2H3,(H,16,19)/t14-/m0/s1. The fourth-order valence-corrected chi connectivity index (χ4v) is 2.08. The SMILES string of the molecule is Cc1noc(C)c1CC(=O)N[C@@H](CO)c1ccccc1. The molecule has 1 aromatic carbocycles. The van der Waals surface area contributed by atoms with Crippen LogP contribution in [0.3, 0.4) is 0 Å². The zero-order valence-corrected chi connectivity index (χ0v) is 11.6. The fourth-order valence-electron chi connectivity index (χ4n) is 2.08. The van der Waals surface area contributed by atoms with Crippen LogP contribution in [0, 0.1) is 13.8 Å². The number of rotatable bonds is 5. The first-order chi connectivity index (χ1) is 9.61. The van der Waals surface area contributed by atoms with Gasteiger partial charge in [0.05, 0.1) is 24.8 Å². The number of hydrogen-bond donors (Lipinski definition) is 2. The van der Waals surface area contributed by atoms with E-state index in [0.717, 1.165) is 16.8 Å². The van der Waals surface area contributed by atoms with Crippen LogP contribution in [0.4, 0.5) is 0 Å². The van der Waals surface area contributed by atoms with Gasteiger partial charge < -0.3 is 14.9 Å². The second-order valence-corrected chi connectivity index (χ2v) is 4.69. The molecule has 5 nitrogen and oxygen atoms in total. The van der Waals surface area contributed by atoms with E-state index < -0.39 is 6.04 Å². The number of aliphatic hydroxyl groups excluding tert-OH is 1. The van der Waals surface area contributed by atoms with Gasteiger partial charge in [-0.1, -0.05) is 35.5 Å². The van der Waals surface area contributed by atoms with E-state index in [2.05, 4.69) is 10.5 Å². The van der Waals surface area contributed by atoms with Crippen molar-refractivity contribution in [1.29, 1.82) is 0 Å². The van der Waals surface area contributed by atoms with Crippen LogP contribution in [0.2, 0.25) is 0 Å². The van der Waals surface area contributed by atoms with Gasteiger partial charge in [0.15, 0.2) is 0 Å². The van der Waals surface area contributed by atoms with Gasteiger partial charge in [0.2, 0.25) is 5.91 Å². The molecule has 1 atom stereocenters. The Labute approximate surface area is 117 Å². The van der Waals surface area contributed by atoms with Gasteiger partial charge in [-0.25, -0.2) is 0 Å². The molecule has 0 spiro atoms. The highest BCUT2D eigenvalue weighted by atomic mass is 16.5. The third-order valence-corrected chi connectivity index (χ3v) is 3.24. The lowest BCUT2D eigenvalue weighted by molar-refractivity contribution is -0.121. The van der Waals surface area contributed by atoms with Crippen molar-refractivity contribution in [3.8, 4) is 0 Å². The van der Waals surface area contributed by atoms with Crippen molar-refractivity contribution >= 4 is 5.91 Å². The Hall–Kier alpha value is -2.14. The summed E-state index contributed by atoms with van der Waals surface area (Å²) in [5, 5.41) is 16.1. The number of carbonyl (C=O) groups excluding carboxylic acids is 1. The molecule has 5 heteroatoms. The van der Waals surface area contributed by atoms with Gasteiger partial charge in [-0.2, -0.15) is 0 Å². The molecule has 0 radical (unpaired) electrons. The Morgan fingerprint density at radius 1 is 1.35 bits per heavy atom. The van der Waals surface area contributed by atoms with Gasteiger partial charge in [0, 0.05) is 5.56 Å². The maximum atomic E-state index is 12.1. The molecule has 2 rings (SSSR count). The summed E-state index contributed by atoms with van der Waals surface area (Å²) in [5.41, 5.74) is 2.40. The van der Waals surface area contributed by atoms with E-state index in [1.807, 2.05) is 30.3 Å². The van der Waals surface area contributed by atoms with Gasteiger partial charge in [0.25, 0.3) is 0 Å². The molecule has 1 aromatic heterocycles. The number of nitrogens with zero attached hydrogens (tertiary/aromatic N) is 1. The molecular weight excluding hydrogens is 256 g/mol. The maximum absolute atomic E-state index is 12.1. The van der Waals surface area contributed by atoms with E-state index in [1.165, 1.54) is 0 Å². The molecule has 20 heavy (non-hydrogen) atoms. The monoisotopic (exact) mass is 274 g/mol. The first kappa shape index (κ1) is 14.3. The van der Waals surface area contributed by atoms with Crippen molar-refractivity contribution in [3.63, 3.8) is 0 Å². The van der Waals surface area contributed by atoms with Gasteiger partial charge >= 0.3 is 0 Å². The van der Waals surface area contributed by atoms with Gasteiger partial charge in [-0.15, -0.1) is 0 Å². The largest absolute Gasteiger partial charge is 0.394 e. The molecule has 0 unspecified atom stereocenters. The summed E-state index contributed by atoms with van der Waals surface area (Å²) < 4.78 is 5.03. The van der Waals surface area contributed by atoms with Crippen molar-refractivity contribution in [3.05, 3.63) is 52.9 Å². The van der Waals surface area contributed by atoms with Crippen molar-refractivity contribution in [2.24, 2.45) is 0 Å². The first-order valence-corrected chi connectivity index (χ1v) is 6.48. The van der Waals surface area contributed by atoms with E-state index in [4.69, 9.17) is 4.52 Å². The van der Waals surface area contributed by atoms with Crippen LogP contribution in [-0.4, -0.2) is 22.8 Å². The highest BCUT2D eigenvalue weighted by Crippen LogP contribution is 2.15. The fraction of sp³-hybridized carbons (Fsp3) is 0.333. The molecule has 0 fully saturated rings. The topological polar surface area (TPSA) is 75.4 Å². The number of aromatic nitrogens is 1. The second kappa shape index (κ2) is 6.34. The first-order valence-electron chi connectivity index (χ1n) is 6.48. The van der Waals surface area contributed by atoms with E-state index in [-0.39, 0.29) is 18.9 Å². The number of hydrogen-bond acceptors (Lipinski definition) is 4. The quantitative estimate of drug-likeness (QED) is 0.870. The Morgan fingerprint density at radius 3 is 2.60 bits per heavy atom. The van der Waals surface area contributed by atoms with Crippen molar-refractivity contribution in [1.82, 2.24) is 10.5 Å². The van der Waals surface area contributed by atoms with Crippen LogP contribution >= 0.6 is 0 Å². The molecule has 0 saturated carbocycles. The zero-order valence-electron chi connectivity index (χ0n) is 11.6. The number of aliphatic hydroxyl groups is 1. The Balaban J connectivity index is 2.03. The van der Waals surface area contributed by atoms with Crippen LogP contribution < -0.4 is 5.32 Å². The number of nitrogens with one attached hydrogen (secondary N) is 1. The minimum Gasteiger partial charge on any atom is -0.394 e. The molecule has 1 heterocycles. The van der Waals surface area contributed by atoms with Crippen LogP contribution in [-0.2, 0) is 11.2 Å². The smallest absolute Gasteiger partial charge is 0.225 e. The summed E-state index contributed by atoms with van der Waals surface area (Å²) in [6.07, 6.45) is 0.199. The minimum atomic E-state index is -0.399. The molecule has 0 aliphatic heterocycles. The summed E-state index contributed by atoms with van der Waals surface area (Å²) in [6.45, 7) is 3.44. The third kappa shape index (κ3) is 3.24. The van der Waals surface area contributed by atoms with Crippen LogP contribution in [0.25, 0.3) is 0 Å². The molecule has 2 N–H and O–H groups in total. The number of aryl methyl sites for hydroxylation is 2. The molecule has 0 bridgehead atoms. The summed E-state index contributed by atoms with van der Waals surface area (Å²) in [5.74, 6) is 0.486. The summed E-state index contributed by atoms with van der Waals surface area (Å²) in [6, 6.07) is 8.98. The summed E-state index contributed by atoms with van der Waals surface area (Å²) >= 11 is 0. The average molecular weight is 274 g/mol. The molecular formula is C15H18N2O3. The van der Waals surface area contributed by atoms with Crippen molar-refractivity contribution in [2.75, 3.05) is 6.61 Å². The van der Waals surface area contributed by atoms with Gasteiger partial charge in [-0.05, 0) is 19.4 Å². The summed E-state index contributed by atoms with van der Waals surface area (Å²) in [4.78, 5) is 12.1. The Kier molecular flexibility index (Phi) is 4.53. The van der Waals surface area contributed by atoms with Gasteiger partial charge in [-0.3, -0.25) is 4.79 Å². The van der Waals surface area contributed by atoms with E-state index in [9.17, 15) is 9.90 Å². The lowest BCUT2D eigenvalue weighted by Gasteiger charge is -2.16. The molecule has 0 saturated heterocycles. The lowest BCUT2D eigenvalue weighted by atomic mass is 10.1. The highest BCUT2D eigenvalue weighted by Gasteiger charge is 2.17. The Morgan fingerprint density at radius 2 is 2.05 bits per heavy atom. The molecule has 0 aliphatic carbocycles. The van der Waals surface area contributed by atoms with Crippen LogP contribution in [0.1, 0.15) is 28.6 Å². The van der Waals surface area contributed by atoms with Crippen LogP contribution in [0.15, 0.2) is 34.9 Å². The van der Waals surface area contributed by atoms with E-state index >= 15 is 0 Å². The number of benzene rings is 1. The van der Waals surface area contributed by atoms with E-state index in [1.54, 1.807) is 13.8 Å². The van der Waals surface area contributed by atoms with Crippen molar-refractivity contribution < 1.29 is 14.4 Å². The average Bonchev–Trinajstić information content (AvgIpc) is 2.77. The third-order valence-electron chi connectivity index (χ3n) is 3.24.